The Morgan fingerprint density at radius 3 is 2.45 bits per heavy atom. The molecule has 1 aromatic heterocycles. The number of carbonyl (C=O) groups is 3. The summed E-state index contributed by atoms with van der Waals surface area (Å²) in [6, 6.07) is 11.0. The van der Waals surface area contributed by atoms with Gasteiger partial charge in [-0.15, -0.1) is 11.3 Å². The number of rotatable bonds is 8. The van der Waals surface area contributed by atoms with E-state index in [1.54, 1.807) is 18.2 Å². The van der Waals surface area contributed by atoms with Crippen molar-refractivity contribution in [3.63, 3.8) is 0 Å². The van der Waals surface area contributed by atoms with E-state index in [9.17, 15) is 22.8 Å². The van der Waals surface area contributed by atoms with Crippen LogP contribution in [0.2, 0.25) is 9.36 Å². The first kappa shape index (κ1) is 27.9. The molecule has 10 nitrogen and oxygen atoms in total. The minimum Gasteiger partial charge on any atom is -0.384 e. The van der Waals surface area contributed by atoms with E-state index in [-0.39, 0.29) is 31.4 Å². The normalized spacial score (nSPS) is 13.4. The van der Waals surface area contributed by atoms with Crippen LogP contribution in [0.5, 0.6) is 0 Å². The van der Waals surface area contributed by atoms with Gasteiger partial charge in [-0.25, -0.2) is 22.8 Å². The van der Waals surface area contributed by atoms with E-state index in [1.807, 2.05) is 23.7 Å². The van der Waals surface area contributed by atoms with Gasteiger partial charge in [-0.1, -0.05) is 23.2 Å². The van der Waals surface area contributed by atoms with Crippen LogP contribution in [0.3, 0.4) is 0 Å². The van der Waals surface area contributed by atoms with Gasteiger partial charge in [-0.3, -0.25) is 9.59 Å². The number of imide groups is 1. The zero-order valence-electron chi connectivity index (χ0n) is 20.2. The van der Waals surface area contributed by atoms with Gasteiger partial charge < -0.3 is 15.5 Å². The molecule has 3 aromatic rings. The summed E-state index contributed by atoms with van der Waals surface area (Å²) in [4.78, 5) is 41.5. The van der Waals surface area contributed by atoms with Gasteiger partial charge in [0.25, 0.3) is 15.9 Å². The summed E-state index contributed by atoms with van der Waals surface area (Å²) in [6.45, 7) is 1.54. The van der Waals surface area contributed by atoms with E-state index in [1.165, 1.54) is 30.3 Å². The fourth-order valence-electron chi connectivity index (χ4n) is 3.74. The quantitative estimate of drug-likeness (QED) is 0.332. The minimum absolute atomic E-state index is 0.00755. The molecule has 3 N–H and O–H groups in total. The molecule has 14 heteroatoms. The fraction of sp³-hybridized carbons (Fsp3) is 0.208. The number of benzene rings is 2. The van der Waals surface area contributed by atoms with E-state index in [0.717, 1.165) is 28.5 Å². The number of nitrogens with one attached hydrogen (secondary N) is 3. The van der Waals surface area contributed by atoms with Gasteiger partial charge in [0.2, 0.25) is 5.91 Å². The number of amides is 4. The number of sulfonamides is 1. The molecule has 0 spiro atoms. The summed E-state index contributed by atoms with van der Waals surface area (Å²) in [7, 11) is -0.177. The number of carbonyl (C=O) groups excluding carboxylic acids is 3. The highest BCUT2D eigenvalue weighted by molar-refractivity contribution is 7.92. The Balaban J connectivity index is 1.47. The number of nitrogens with zero attached hydrogens (tertiary/aromatic N) is 2. The molecule has 0 atom stereocenters. The Hall–Kier alpha value is -3.16. The summed E-state index contributed by atoms with van der Waals surface area (Å²) in [5.41, 5.74) is 2.12. The van der Waals surface area contributed by atoms with Crippen LogP contribution in [0.15, 0.2) is 52.7 Å². The molecule has 4 rings (SSSR count). The van der Waals surface area contributed by atoms with E-state index in [0.29, 0.717) is 17.7 Å². The second-order valence-electron chi connectivity index (χ2n) is 8.60. The van der Waals surface area contributed by atoms with Crippen molar-refractivity contribution in [3.05, 3.63) is 69.0 Å². The number of fused-ring (bicyclic) bond motifs is 1. The summed E-state index contributed by atoms with van der Waals surface area (Å²) in [6.07, 6.45) is 0.00755. The zero-order valence-corrected chi connectivity index (χ0v) is 23.4. The van der Waals surface area contributed by atoms with Crippen LogP contribution >= 0.6 is 34.5 Å². The van der Waals surface area contributed by atoms with Crippen LogP contribution < -0.4 is 20.3 Å². The van der Waals surface area contributed by atoms with Crippen LogP contribution in [0.1, 0.15) is 15.9 Å². The molecule has 0 unspecified atom stereocenters. The van der Waals surface area contributed by atoms with Gasteiger partial charge in [0.05, 0.1) is 21.5 Å². The summed E-state index contributed by atoms with van der Waals surface area (Å²) < 4.78 is 26.6. The van der Waals surface area contributed by atoms with Crippen LogP contribution in [-0.2, 0) is 21.2 Å². The molecule has 0 saturated carbocycles. The molecule has 2 aromatic carbocycles. The average Bonchev–Trinajstić information content (AvgIpc) is 3.27. The molecule has 0 radical (unpaired) electrons. The van der Waals surface area contributed by atoms with Crippen molar-refractivity contribution in [2.45, 2.75) is 10.6 Å². The molecule has 200 valence electrons. The van der Waals surface area contributed by atoms with Crippen LogP contribution in [-0.4, -0.2) is 58.3 Å². The summed E-state index contributed by atoms with van der Waals surface area (Å²) >= 11 is 13.0. The monoisotopic (exact) mass is 595 g/mol. The molecule has 0 fully saturated rings. The highest BCUT2D eigenvalue weighted by Crippen LogP contribution is 2.34. The lowest BCUT2D eigenvalue weighted by molar-refractivity contribution is -0.117. The van der Waals surface area contributed by atoms with Crippen LogP contribution in [0.25, 0.3) is 0 Å². The summed E-state index contributed by atoms with van der Waals surface area (Å²) in [5, 5.41) is 5.66. The lowest BCUT2D eigenvalue weighted by Gasteiger charge is -2.28. The van der Waals surface area contributed by atoms with E-state index in [2.05, 4.69) is 10.6 Å². The van der Waals surface area contributed by atoms with Crippen molar-refractivity contribution in [1.29, 1.82) is 0 Å². The Kier molecular flexibility index (Phi) is 8.28. The number of thiophene rings is 1. The molecule has 1 aliphatic rings. The van der Waals surface area contributed by atoms with Crippen molar-refractivity contribution >= 4 is 79.5 Å². The van der Waals surface area contributed by atoms with Crippen molar-refractivity contribution < 1.29 is 22.8 Å². The number of urea groups is 1. The lowest BCUT2D eigenvalue weighted by Crippen LogP contribution is -2.42. The first-order valence-corrected chi connectivity index (χ1v) is 14.3. The predicted octanol–water partition coefficient (Wildman–Crippen LogP) is 4.27. The topological polar surface area (TPSA) is 128 Å². The van der Waals surface area contributed by atoms with Crippen LogP contribution in [0.4, 0.5) is 21.9 Å². The SMILES string of the molecule is CN(C)CCNc1ccc2c(c1)CC(=O)N(c1ccc(NC(=O)NS(=O)(=O)c3ccc(Cl)s3)cc1Cl)C2=O. The lowest BCUT2D eigenvalue weighted by atomic mass is 9.97. The molecule has 0 saturated heterocycles. The second-order valence-corrected chi connectivity index (χ2v) is 12.6. The Morgan fingerprint density at radius 1 is 1.05 bits per heavy atom. The Bertz CT molecular complexity index is 1520. The smallest absolute Gasteiger partial charge is 0.333 e. The molecular weight excluding hydrogens is 573 g/mol. The largest absolute Gasteiger partial charge is 0.384 e. The van der Waals surface area contributed by atoms with Gasteiger partial charge in [0.1, 0.15) is 4.21 Å². The first-order valence-electron chi connectivity index (χ1n) is 11.2. The van der Waals surface area contributed by atoms with E-state index >= 15 is 0 Å². The van der Waals surface area contributed by atoms with Gasteiger partial charge in [-0.05, 0) is 68.2 Å². The molecule has 1 aliphatic heterocycles. The number of anilines is 3. The Labute approximate surface area is 233 Å². The average molecular weight is 597 g/mol. The maximum atomic E-state index is 13.2. The maximum Gasteiger partial charge on any atom is 0.333 e. The van der Waals surface area contributed by atoms with Crippen molar-refractivity contribution in [2.75, 3.05) is 42.7 Å². The summed E-state index contributed by atoms with van der Waals surface area (Å²) in [5.74, 6) is -0.967. The molecule has 4 amide bonds. The second kappa shape index (κ2) is 11.3. The van der Waals surface area contributed by atoms with Gasteiger partial charge in [-0.2, -0.15) is 0 Å². The highest BCUT2D eigenvalue weighted by Gasteiger charge is 2.33. The van der Waals surface area contributed by atoms with Crippen molar-refractivity contribution in [2.24, 2.45) is 0 Å². The van der Waals surface area contributed by atoms with E-state index in [4.69, 9.17) is 23.2 Å². The zero-order chi connectivity index (χ0) is 27.6. The minimum atomic E-state index is -4.11. The number of hydrogen-bond donors (Lipinski definition) is 3. The third kappa shape index (κ3) is 6.27. The van der Waals surface area contributed by atoms with Gasteiger partial charge in [0.15, 0.2) is 0 Å². The Morgan fingerprint density at radius 2 is 1.79 bits per heavy atom. The molecule has 2 heterocycles. The molecule has 0 aliphatic carbocycles. The van der Waals surface area contributed by atoms with Gasteiger partial charge in [0, 0.05) is 30.0 Å². The van der Waals surface area contributed by atoms with E-state index < -0.39 is 27.9 Å². The van der Waals surface area contributed by atoms with Crippen molar-refractivity contribution in [3.8, 4) is 0 Å². The standard InChI is InChI=1S/C24H23Cl2N5O5S2/c1-30(2)10-9-27-15-3-5-17-14(11-15)12-21(32)31(23(17)33)19-6-4-16(13-18(19)25)28-24(34)29-38(35,36)22-8-7-20(26)37-22/h3-8,11,13,27H,9-10,12H2,1-2H3,(H2,28,29,34). The predicted molar refractivity (Wildman–Crippen MR) is 149 cm³/mol. The van der Waals surface area contributed by atoms with Crippen LogP contribution in [0, 0.1) is 0 Å². The van der Waals surface area contributed by atoms with Gasteiger partial charge >= 0.3 is 6.03 Å². The van der Waals surface area contributed by atoms with Crippen molar-refractivity contribution in [1.82, 2.24) is 9.62 Å². The molecule has 0 bridgehead atoms. The number of halogens is 2. The first-order chi connectivity index (χ1) is 17.9. The molecule has 38 heavy (non-hydrogen) atoms. The molecular formula is C24H23Cl2N5O5S2. The highest BCUT2D eigenvalue weighted by atomic mass is 35.5. The third-order valence-electron chi connectivity index (χ3n) is 5.50. The number of hydrogen-bond acceptors (Lipinski definition) is 8. The third-order valence-corrected chi connectivity index (χ3v) is 8.86. The number of likely N-dealkylation sites (N-methyl/N-ethyl adjacent to an activating group) is 1. The fourth-order valence-corrected chi connectivity index (χ4v) is 6.39. The maximum absolute atomic E-state index is 13.2.